The minimum absolute atomic E-state index is 0.0878. The van der Waals surface area contributed by atoms with Crippen molar-refractivity contribution in [1.29, 1.82) is 0 Å². The summed E-state index contributed by atoms with van der Waals surface area (Å²) in [6, 6.07) is 3.94. The second-order valence-corrected chi connectivity index (χ2v) is 6.79. The standard InChI is InChI=1S/C16H17BrO3/c1-8-6-10(17)7-9(2)12(8)13-14(18)11-4-5-16(3,20-11)15(13)19/h6-7,11,19H,4-5H2,1-3H3/t11-,16+/m0/s1. The van der Waals surface area contributed by atoms with Crippen LogP contribution in [0, 0.1) is 13.8 Å². The second kappa shape index (κ2) is 4.43. The van der Waals surface area contributed by atoms with E-state index in [0.717, 1.165) is 21.2 Å². The summed E-state index contributed by atoms with van der Waals surface area (Å²) in [7, 11) is 0. The smallest absolute Gasteiger partial charge is 0.195 e. The van der Waals surface area contributed by atoms with Crippen molar-refractivity contribution in [3.8, 4) is 0 Å². The number of rotatable bonds is 1. The molecule has 0 aromatic heterocycles. The average Bonchev–Trinajstić information content (AvgIpc) is 2.72. The van der Waals surface area contributed by atoms with Gasteiger partial charge in [0.15, 0.2) is 5.78 Å². The lowest BCUT2D eigenvalue weighted by Crippen LogP contribution is -2.38. The van der Waals surface area contributed by atoms with Crippen LogP contribution in [0.4, 0.5) is 0 Å². The van der Waals surface area contributed by atoms with Gasteiger partial charge in [0.2, 0.25) is 0 Å². The Bertz CT molecular complexity index is 624. The van der Waals surface area contributed by atoms with E-state index in [1.54, 1.807) is 0 Å². The Balaban J connectivity index is 2.26. The minimum atomic E-state index is -0.708. The van der Waals surface area contributed by atoms with Crippen LogP contribution in [0.25, 0.3) is 5.57 Å². The van der Waals surface area contributed by atoms with Crippen LogP contribution in [0.5, 0.6) is 0 Å². The van der Waals surface area contributed by atoms with E-state index in [9.17, 15) is 9.90 Å². The molecule has 2 aliphatic rings. The van der Waals surface area contributed by atoms with Crippen molar-refractivity contribution in [1.82, 2.24) is 0 Å². The summed E-state index contributed by atoms with van der Waals surface area (Å²) in [5, 5.41) is 10.6. The summed E-state index contributed by atoms with van der Waals surface area (Å²) < 4.78 is 6.67. The molecule has 1 aromatic carbocycles. The normalized spacial score (nSPS) is 29.2. The van der Waals surface area contributed by atoms with Crippen LogP contribution in [0.3, 0.4) is 0 Å². The Kier molecular flexibility index (Phi) is 3.07. The highest BCUT2D eigenvalue weighted by Gasteiger charge is 2.50. The van der Waals surface area contributed by atoms with Crippen LogP contribution in [-0.4, -0.2) is 22.6 Å². The van der Waals surface area contributed by atoms with Gasteiger partial charge >= 0.3 is 0 Å². The van der Waals surface area contributed by atoms with Crippen LogP contribution < -0.4 is 0 Å². The number of benzene rings is 1. The molecule has 1 N–H and O–H groups in total. The number of aliphatic hydroxyl groups excluding tert-OH is 1. The highest BCUT2D eigenvalue weighted by molar-refractivity contribution is 9.10. The monoisotopic (exact) mass is 336 g/mol. The number of fused-ring (bicyclic) bond motifs is 2. The molecule has 1 saturated heterocycles. The van der Waals surface area contributed by atoms with Gasteiger partial charge in [-0.3, -0.25) is 4.79 Å². The maximum atomic E-state index is 12.6. The van der Waals surface area contributed by atoms with Gasteiger partial charge in [-0.15, -0.1) is 0 Å². The highest BCUT2D eigenvalue weighted by Crippen LogP contribution is 2.46. The maximum absolute atomic E-state index is 12.6. The van der Waals surface area contributed by atoms with Crippen molar-refractivity contribution in [2.75, 3.05) is 0 Å². The largest absolute Gasteiger partial charge is 0.508 e. The molecule has 2 bridgehead atoms. The van der Waals surface area contributed by atoms with E-state index in [-0.39, 0.29) is 11.5 Å². The van der Waals surface area contributed by atoms with Crippen molar-refractivity contribution in [2.24, 2.45) is 0 Å². The first kappa shape index (κ1) is 13.8. The van der Waals surface area contributed by atoms with Crippen molar-refractivity contribution < 1.29 is 14.6 Å². The van der Waals surface area contributed by atoms with Gasteiger partial charge in [0.1, 0.15) is 17.5 Å². The van der Waals surface area contributed by atoms with E-state index in [2.05, 4.69) is 15.9 Å². The SMILES string of the molecule is Cc1cc(Br)cc(C)c1C1=C(O)[C@@]2(C)CC[C@H](O2)C1=O. The van der Waals surface area contributed by atoms with Gasteiger partial charge < -0.3 is 9.84 Å². The minimum Gasteiger partial charge on any atom is -0.508 e. The molecule has 20 heavy (non-hydrogen) atoms. The van der Waals surface area contributed by atoms with E-state index in [1.807, 2.05) is 32.9 Å². The number of aryl methyl sites for hydroxylation is 2. The molecule has 0 spiro atoms. The highest BCUT2D eigenvalue weighted by atomic mass is 79.9. The van der Waals surface area contributed by atoms with Crippen molar-refractivity contribution in [3.05, 3.63) is 39.1 Å². The fraction of sp³-hybridized carbons (Fsp3) is 0.438. The summed E-state index contributed by atoms with van der Waals surface area (Å²) in [6.07, 6.45) is 0.957. The molecule has 1 aromatic rings. The topological polar surface area (TPSA) is 46.5 Å². The lowest BCUT2D eigenvalue weighted by Gasteiger charge is -2.31. The zero-order chi connectivity index (χ0) is 14.7. The maximum Gasteiger partial charge on any atom is 0.195 e. The molecule has 4 heteroatoms. The third-order valence-electron chi connectivity index (χ3n) is 4.31. The Morgan fingerprint density at radius 2 is 1.95 bits per heavy atom. The van der Waals surface area contributed by atoms with Gasteiger partial charge in [0, 0.05) is 4.47 Å². The molecule has 3 nitrogen and oxygen atoms in total. The molecule has 2 atom stereocenters. The van der Waals surface area contributed by atoms with E-state index >= 15 is 0 Å². The van der Waals surface area contributed by atoms with E-state index in [0.29, 0.717) is 18.4 Å². The second-order valence-electron chi connectivity index (χ2n) is 5.88. The van der Waals surface area contributed by atoms with Crippen LogP contribution in [0.2, 0.25) is 0 Å². The third kappa shape index (κ3) is 1.85. The quantitative estimate of drug-likeness (QED) is 0.847. The first-order valence-corrected chi connectivity index (χ1v) is 7.55. The molecule has 0 aliphatic carbocycles. The van der Waals surface area contributed by atoms with E-state index in [1.165, 1.54) is 0 Å². The summed E-state index contributed by atoms with van der Waals surface area (Å²) in [6.45, 7) is 5.78. The zero-order valence-electron chi connectivity index (χ0n) is 11.8. The predicted octanol–water partition coefficient (Wildman–Crippen LogP) is 3.86. The number of ketones is 1. The summed E-state index contributed by atoms with van der Waals surface area (Å²) in [5.74, 6) is -0.00392. The van der Waals surface area contributed by atoms with Crippen molar-refractivity contribution in [3.63, 3.8) is 0 Å². The van der Waals surface area contributed by atoms with Crippen molar-refractivity contribution in [2.45, 2.75) is 45.3 Å². The summed E-state index contributed by atoms with van der Waals surface area (Å²) in [4.78, 5) is 12.6. The number of aliphatic hydroxyl groups is 1. The lowest BCUT2D eigenvalue weighted by molar-refractivity contribution is -0.130. The Hall–Kier alpha value is -1.13. The Morgan fingerprint density at radius 3 is 2.55 bits per heavy atom. The van der Waals surface area contributed by atoms with Crippen LogP contribution >= 0.6 is 15.9 Å². The molecule has 0 unspecified atom stereocenters. The van der Waals surface area contributed by atoms with Gasteiger partial charge in [0.25, 0.3) is 0 Å². The van der Waals surface area contributed by atoms with Gasteiger partial charge in [-0.05, 0) is 62.4 Å². The van der Waals surface area contributed by atoms with Gasteiger partial charge in [-0.2, -0.15) is 0 Å². The molecule has 0 radical (unpaired) electrons. The number of carbonyl (C=O) groups excluding carboxylic acids is 1. The van der Waals surface area contributed by atoms with Gasteiger partial charge in [-0.1, -0.05) is 15.9 Å². The average molecular weight is 337 g/mol. The number of hydrogen-bond donors (Lipinski definition) is 1. The van der Waals surface area contributed by atoms with E-state index < -0.39 is 11.7 Å². The van der Waals surface area contributed by atoms with E-state index in [4.69, 9.17) is 4.74 Å². The first-order chi connectivity index (χ1) is 9.33. The molecule has 2 heterocycles. The predicted molar refractivity (Wildman–Crippen MR) is 80.7 cm³/mol. The molecule has 2 aliphatic heterocycles. The number of Topliss-reactive ketones (excluding diaryl/α,β-unsaturated/α-hetero) is 1. The Labute approximate surface area is 126 Å². The van der Waals surface area contributed by atoms with Crippen LogP contribution in [0.15, 0.2) is 22.4 Å². The van der Waals surface area contributed by atoms with Crippen LogP contribution in [-0.2, 0) is 9.53 Å². The van der Waals surface area contributed by atoms with Gasteiger partial charge in [0.05, 0.1) is 5.57 Å². The number of ether oxygens (including phenoxy) is 1. The number of carbonyl (C=O) groups is 1. The third-order valence-corrected chi connectivity index (χ3v) is 4.77. The lowest BCUT2D eigenvalue weighted by atomic mass is 9.87. The number of halogens is 1. The molecular formula is C16H17BrO3. The molecule has 1 fully saturated rings. The first-order valence-electron chi connectivity index (χ1n) is 6.76. The zero-order valence-corrected chi connectivity index (χ0v) is 13.4. The van der Waals surface area contributed by atoms with Crippen LogP contribution in [0.1, 0.15) is 36.5 Å². The van der Waals surface area contributed by atoms with Crippen molar-refractivity contribution >= 4 is 27.3 Å². The fourth-order valence-electron chi connectivity index (χ4n) is 3.29. The molecule has 3 rings (SSSR count). The molecular weight excluding hydrogens is 320 g/mol. The number of hydrogen-bond acceptors (Lipinski definition) is 3. The van der Waals surface area contributed by atoms with Gasteiger partial charge in [-0.25, -0.2) is 0 Å². The summed E-state index contributed by atoms with van der Waals surface area (Å²) >= 11 is 3.46. The Morgan fingerprint density at radius 1 is 1.35 bits per heavy atom. The fourth-order valence-corrected chi connectivity index (χ4v) is 3.97. The summed E-state index contributed by atoms with van der Waals surface area (Å²) in [5.41, 5.74) is 2.55. The molecule has 0 amide bonds. The molecule has 106 valence electrons. The molecule has 0 saturated carbocycles.